The maximum Gasteiger partial charge on any atom is 0.341 e. The molecule has 0 saturated heterocycles. The standard InChI is InChI=1S/C22H21N3O5/c1-3-28-22(27)18-13-23-25(14(18)2)17-7-4-15(5-8-17)21(26)24-16-6-9-19-20(12-16)30-11-10-29-19/h4-9,12-13H,3,10-11H2,1-2H3,(H,24,26). The van der Waals surface area contributed by atoms with Gasteiger partial charge in [-0.3, -0.25) is 4.79 Å². The van der Waals surface area contributed by atoms with E-state index in [9.17, 15) is 9.59 Å². The summed E-state index contributed by atoms with van der Waals surface area (Å²) >= 11 is 0. The lowest BCUT2D eigenvalue weighted by Crippen LogP contribution is -2.16. The second-order valence-electron chi connectivity index (χ2n) is 6.64. The highest BCUT2D eigenvalue weighted by Crippen LogP contribution is 2.32. The van der Waals surface area contributed by atoms with E-state index >= 15 is 0 Å². The number of ether oxygens (including phenoxy) is 3. The topological polar surface area (TPSA) is 91.7 Å². The van der Waals surface area contributed by atoms with Crippen molar-refractivity contribution in [3.8, 4) is 17.2 Å². The number of fused-ring (bicyclic) bond motifs is 1. The lowest BCUT2D eigenvalue weighted by molar-refractivity contribution is 0.0525. The summed E-state index contributed by atoms with van der Waals surface area (Å²) < 4.78 is 17.7. The van der Waals surface area contributed by atoms with Crippen LogP contribution in [-0.2, 0) is 4.74 Å². The van der Waals surface area contributed by atoms with E-state index in [1.807, 2.05) is 0 Å². The molecule has 8 nitrogen and oxygen atoms in total. The van der Waals surface area contributed by atoms with E-state index in [0.29, 0.717) is 53.8 Å². The van der Waals surface area contributed by atoms with Crippen LogP contribution in [0.1, 0.15) is 33.3 Å². The third kappa shape index (κ3) is 3.84. The monoisotopic (exact) mass is 407 g/mol. The zero-order valence-corrected chi connectivity index (χ0v) is 16.7. The number of benzene rings is 2. The number of anilines is 1. The van der Waals surface area contributed by atoms with Crippen LogP contribution in [0.4, 0.5) is 5.69 Å². The van der Waals surface area contributed by atoms with Crippen molar-refractivity contribution >= 4 is 17.6 Å². The average molecular weight is 407 g/mol. The first-order valence-corrected chi connectivity index (χ1v) is 9.60. The highest BCUT2D eigenvalue weighted by Gasteiger charge is 2.17. The molecule has 1 aliphatic rings. The van der Waals surface area contributed by atoms with Gasteiger partial charge in [0.1, 0.15) is 18.8 Å². The van der Waals surface area contributed by atoms with Crippen LogP contribution in [0.5, 0.6) is 11.5 Å². The Morgan fingerprint density at radius 3 is 2.57 bits per heavy atom. The van der Waals surface area contributed by atoms with Gasteiger partial charge < -0.3 is 19.5 Å². The zero-order valence-electron chi connectivity index (χ0n) is 16.7. The summed E-state index contributed by atoms with van der Waals surface area (Å²) in [5.41, 5.74) is 2.93. The molecule has 1 N–H and O–H groups in total. The molecule has 0 fully saturated rings. The predicted molar refractivity (Wildman–Crippen MR) is 110 cm³/mol. The Hall–Kier alpha value is -3.81. The van der Waals surface area contributed by atoms with Crippen LogP contribution in [0.15, 0.2) is 48.7 Å². The molecule has 2 aromatic carbocycles. The van der Waals surface area contributed by atoms with Gasteiger partial charge in [0.25, 0.3) is 5.91 Å². The first-order chi connectivity index (χ1) is 14.6. The number of aromatic nitrogens is 2. The van der Waals surface area contributed by atoms with Crippen LogP contribution in [0.25, 0.3) is 5.69 Å². The first-order valence-electron chi connectivity index (χ1n) is 9.60. The Morgan fingerprint density at radius 1 is 1.10 bits per heavy atom. The second kappa shape index (κ2) is 8.28. The van der Waals surface area contributed by atoms with Crippen molar-refractivity contribution in [3.05, 3.63) is 65.5 Å². The fourth-order valence-electron chi connectivity index (χ4n) is 3.16. The number of carbonyl (C=O) groups is 2. The van der Waals surface area contributed by atoms with Gasteiger partial charge in [-0.1, -0.05) is 0 Å². The van der Waals surface area contributed by atoms with Crippen LogP contribution in [0, 0.1) is 6.92 Å². The van der Waals surface area contributed by atoms with E-state index in [-0.39, 0.29) is 5.91 Å². The van der Waals surface area contributed by atoms with E-state index < -0.39 is 5.97 Å². The molecule has 8 heteroatoms. The molecular formula is C22H21N3O5. The molecule has 3 aromatic rings. The summed E-state index contributed by atoms with van der Waals surface area (Å²) in [6.07, 6.45) is 1.48. The molecule has 0 atom stereocenters. The van der Waals surface area contributed by atoms with Gasteiger partial charge >= 0.3 is 5.97 Å². The number of hydrogen-bond donors (Lipinski definition) is 1. The molecule has 0 bridgehead atoms. The molecule has 1 aliphatic heterocycles. The van der Waals surface area contributed by atoms with E-state index in [4.69, 9.17) is 14.2 Å². The van der Waals surface area contributed by atoms with Crippen molar-refractivity contribution in [1.29, 1.82) is 0 Å². The molecule has 4 rings (SSSR count). The Balaban J connectivity index is 1.48. The summed E-state index contributed by atoms with van der Waals surface area (Å²) in [6, 6.07) is 12.2. The van der Waals surface area contributed by atoms with E-state index in [0.717, 1.165) is 5.69 Å². The molecule has 1 amide bonds. The molecule has 0 spiro atoms. The second-order valence-corrected chi connectivity index (χ2v) is 6.64. The molecule has 154 valence electrons. The Bertz CT molecular complexity index is 1090. The van der Waals surface area contributed by atoms with Crippen LogP contribution in [0.2, 0.25) is 0 Å². The number of amides is 1. The highest BCUT2D eigenvalue weighted by molar-refractivity contribution is 6.04. The quantitative estimate of drug-likeness (QED) is 0.652. The van der Waals surface area contributed by atoms with Crippen molar-refractivity contribution in [2.45, 2.75) is 13.8 Å². The van der Waals surface area contributed by atoms with Crippen molar-refractivity contribution in [2.75, 3.05) is 25.1 Å². The van der Waals surface area contributed by atoms with Crippen molar-refractivity contribution in [3.63, 3.8) is 0 Å². The van der Waals surface area contributed by atoms with Crippen molar-refractivity contribution in [2.24, 2.45) is 0 Å². The first kappa shape index (κ1) is 19.5. The van der Waals surface area contributed by atoms with Gasteiger partial charge in [-0.05, 0) is 50.2 Å². The third-order valence-corrected chi connectivity index (χ3v) is 4.68. The van der Waals surface area contributed by atoms with Gasteiger partial charge in [0.05, 0.1) is 24.2 Å². The summed E-state index contributed by atoms with van der Waals surface area (Å²) in [7, 11) is 0. The maximum absolute atomic E-state index is 12.6. The summed E-state index contributed by atoms with van der Waals surface area (Å²) in [6.45, 7) is 4.85. The van der Waals surface area contributed by atoms with E-state index in [1.54, 1.807) is 61.0 Å². The SMILES string of the molecule is CCOC(=O)c1cnn(-c2ccc(C(=O)Nc3ccc4c(c3)OCCO4)cc2)c1C. The zero-order chi connectivity index (χ0) is 21.1. The fourth-order valence-corrected chi connectivity index (χ4v) is 3.16. The van der Waals surface area contributed by atoms with Gasteiger partial charge in [0.15, 0.2) is 11.5 Å². The van der Waals surface area contributed by atoms with Gasteiger partial charge in [-0.15, -0.1) is 0 Å². The molecular weight excluding hydrogens is 386 g/mol. The largest absolute Gasteiger partial charge is 0.486 e. The molecule has 2 heterocycles. The molecule has 0 aliphatic carbocycles. The Kier molecular flexibility index (Phi) is 5.38. The number of carbonyl (C=O) groups excluding carboxylic acids is 2. The minimum atomic E-state index is -0.406. The molecule has 30 heavy (non-hydrogen) atoms. The lowest BCUT2D eigenvalue weighted by Gasteiger charge is -2.19. The average Bonchev–Trinajstić information content (AvgIpc) is 3.15. The Labute approximate surface area is 173 Å². The minimum absolute atomic E-state index is 0.248. The molecule has 0 radical (unpaired) electrons. The number of nitrogens with zero attached hydrogens (tertiary/aromatic N) is 2. The maximum atomic E-state index is 12.6. The molecule has 1 aromatic heterocycles. The number of nitrogens with one attached hydrogen (secondary N) is 1. The Morgan fingerprint density at radius 2 is 1.83 bits per heavy atom. The van der Waals surface area contributed by atoms with E-state index in [1.165, 1.54) is 6.20 Å². The van der Waals surface area contributed by atoms with Crippen molar-refractivity contribution < 1.29 is 23.8 Å². The van der Waals surface area contributed by atoms with Gasteiger partial charge in [0, 0.05) is 17.3 Å². The normalized spacial score (nSPS) is 12.3. The molecule has 0 saturated carbocycles. The van der Waals surface area contributed by atoms with Crippen LogP contribution < -0.4 is 14.8 Å². The van der Waals surface area contributed by atoms with Gasteiger partial charge in [-0.2, -0.15) is 5.10 Å². The van der Waals surface area contributed by atoms with Gasteiger partial charge in [0.2, 0.25) is 0 Å². The summed E-state index contributed by atoms with van der Waals surface area (Å²) in [5, 5.41) is 7.12. The van der Waals surface area contributed by atoms with Crippen LogP contribution in [-0.4, -0.2) is 41.5 Å². The lowest BCUT2D eigenvalue weighted by atomic mass is 10.1. The molecule has 0 unspecified atom stereocenters. The van der Waals surface area contributed by atoms with Crippen molar-refractivity contribution in [1.82, 2.24) is 9.78 Å². The van der Waals surface area contributed by atoms with Crippen LogP contribution >= 0.6 is 0 Å². The minimum Gasteiger partial charge on any atom is -0.486 e. The fraction of sp³-hybridized carbons (Fsp3) is 0.227. The summed E-state index contributed by atoms with van der Waals surface area (Å²) in [5.74, 6) is 0.626. The smallest absolute Gasteiger partial charge is 0.341 e. The predicted octanol–water partition coefficient (Wildman–Crippen LogP) is 3.38. The number of hydrogen-bond acceptors (Lipinski definition) is 6. The number of esters is 1. The van der Waals surface area contributed by atoms with E-state index in [2.05, 4.69) is 10.4 Å². The van der Waals surface area contributed by atoms with Gasteiger partial charge in [-0.25, -0.2) is 9.48 Å². The number of rotatable bonds is 5. The van der Waals surface area contributed by atoms with Crippen LogP contribution in [0.3, 0.4) is 0 Å². The highest BCUT2D eigenvalue weighted by atomic mass is 16.6. The summed E-state index contributed by atoms with van der Waals surface area (Å²) in [4.78, 5) is 24.6. The third-order valence-electron chi connectivity index (χ3n) is 4.68.